The quantitative estimate of drug-likeness (QED) is 0.758. The molecule has 5 nitrogen and oxygen atoms in total. The van der Waals surface area contributed by atoms with E-state index in [4.69, 9.17) is 4.42 Å². The molecular weight excluding hydrogens is 304 g/mol. The van der Waals surface area contributed by atoms with Crippen molar-refractivity contribution in [1.29, 1.82) is 0 Å². The SMILES string of the molecule is O=C(NCCc1ccccc1)c1ccc(Cn2ccccc2=O)o1. The van der Waals surface area contributed by atoms with Crippen LogP contribution in [0.25, 0.3) is 0 Å². The van der Waals surface area contributed by atoms with Crippen molar-refractivity contribution in [3.63, 3.8) is 0 Å². The van der Waals surface area contributed by atoms with Gasteiger partial charge in [-0.25, -0.2) is 0 Å². The molecule has 3 rings (SSSR count). The highest BCUT2D eigenvalue weighted by atomic mass is 16.4. The van der Waals surface area contributed by atoms with Crippen LogP contribution in [0.2, 0.25) is 0 Å². The highest BCUT2D eigenvalue weighted by Crippen LogP contribution is 2.09. The first kappa shape index (κ1) is 15.8. The molecule has 0 spiro atoms. The van der Waals surface area contributed by atoms with Crippen molar-refractivity contribution in [3.8, 4) is 0 Å². The lowest BCUT2D eigenvalue weighted by Gasteiger charge is -2.04. The van der Waals surface area contributed by atoms with Gasteiger partial charge in [-0.3, -0.25) is 9.59 Å². The van der Waals surface area contributed by atoms with E-state index in [1.807, 2.05) is 30.3 Å². The number of furan rings is 1. The highest BCUT2D eigenvalue weighted by Gasteiger charge is 2.11. The van der Waals surface area contributed by atoms with Crippen molar-refractivity contribution in [2.24, 2.45) is 0 Å². The highest BCUT2D eigenvalue weighted by molar-refractivity contribution is 5.91. The monoisotopic (exact) mass is 322 g/mol. The van der Waals surface area contributed by atoms with Gasteiger partial charge in [0.15, 0.2) is 5.76 Å². The Bertz CT molecular complexity index is 865. The fourth-order valence-corrected chi connectivity index (χ4v) is 2.40. The molecule has 1 amide bonds. The number of carbonyl (C=O) groups excluding carboxylic acids is 1. The summed E-state index contributed by atoms with van der Waals surface area (Å²) in [6, 6.07) is 18.2. The van der Waals surface area contributed by atoms with Crippen LogP contribution in [0.1, 0.15) is 21.9 Å². The molecule has 122 valence electrons. The summed E-state index contributed by atoms with van der Waals surface area (Å²) >= 11 is 0. The molecule has 0 saturated carbocycles. The Morgan fingerprint density at radius 1 is 1.00 bits per heavy atom. The van der Waals surface area contributed by atoms with E-state index in [1.54, 1.807) is 30.5 Å². The molecule has 0 bridgehead atoms. The first-order chi connectivity index (χ1) is 11.7. The van der Waals surface area contributed by atoms with E-state index in [2.05, 4.69) is 5.32 Å². The summed E-state index contributed by atoms with van der Waals surface area (Å²) in [5.41, 5.74) is 1.06. The predicted molar refractivity (Wildman–Crippen MR) is 91.0 cm³/mol. The van der Waals surface area contributed by atoms with Gasteiger partial charge in [-0.1, -0.05) is 36.4 Å². The lowest BCUT2D eigenvalue weighted by Crippen LogP contribution is -2.25. The fraction of sp³-hybridized carbons (Fsp3) is 0.158. The Hall–Kier alpha value is -3.08. The van der Waals surface area contributed by atoms with E-state index in [-0.39, 0.29) is 17.2 Å². The summed E-state index contributed by atoms with van der Waals surface area (Å²) in [5, 5.41) is 2.83. The van der Waals surface area contributed by atoms with Crippen LogP contribution in [0.4, 0.5) is 0 Å². The van der Waals surface area contributed by atoms with Crippen LogP contribution in [0, 0.1) is 0 Å². The first-order valence-electron chi connectivity index (χ1n) is 7.79. The second-order valence-electron chi connectivity index (χ2n) is 5.42. The molecule has 1 N–H and O–H groups in total. The molecule has 0 atom stereocenters. The Kier molecular flexibility index (Phi) is 4.91. The standard InChI is InChI=1S/C19H18N2O3/c22-18-8-4-5-13-21(18)14-16-9-10-17(24-16)19(23)20-12-11-15-6-2-1-3-7-15/h1-10,13H,11-12,14H2,(H,20,23). The molecule has 2 heterocycles. The average molecular weight is 322 g/mol. The van der Waals surface area contributed by atoms with Gasteiger partial charge in [-0.05, 0) is 30.2 Å². The van der Waals surface area contributed by atoms with Crippen LogP contribution in [-0.4, -0.2) is 17.0 Å². The van der Waals surface area contributed by atoms with Crippen LogP contribution in [0.3, 0.4) is 0 Å². The lowest BCUT2D eigenvalue weighted by atomic mass is 10.1. The van der Waals surface area contributed by atoms with Crippen LogP contribution < -0.4 is 10.9 Å². The number of benzene rings is 1. The number of hydrogen-bond acceptors (Lipinski definition) is 3. The molecule has 2 aromatic heterocycles. The van der Waals surface area contributed by atoms with Crippen molar-refractivity contribution in [1.82, 2.24) is 9.88 Å². The summed E-state index contributed by atoms with van der Waals surface area (Å²) in [5.74, 6) is 0.566. The Morgan fingerprint density at radius 2 is 1.79 bits per heavy atom. The van der Waals surface area contributed by atoms with E-state index in [0.717, 1.165) is 6.42 Å². The van der Waals surface area contributed by atoms with Gasteiger partial charge < -0.3 is 14.3 Å². The number of aromatic nitrogens is 1. The molecular formula is C19H18N2O3. The summed E-state index contributed by atoms with van der Waals surface area (Å²) < 4.78 is 7.06. The number of pyridine rings is 1. The molecule has 24 heavy (non-hydrogen) atoms. The molecule has 0 aliphatic heterocycles. The van der Waals surface area contributed by atoms with E-state index in [1.165, 1.54) is 16.2 Å². The molecule has 0 unspecified atom stereocenters. The number of amides is 1. The van der Waals surface area contributed by atoms with Gasteiger partial charge in [-0.15, -0.1) is 0 Å². The van der Waals surface area contributed by atoms with Gasteiger partial charge >= 0.3 is 0 Å². The summed E-state index contributed by atoms with van der Waals surface area (Å²) in [4.78, 5) is 23.8. The second-order valence-corrected chi connectivity index (χ2v) is 5.42. The molecule has 0 aliphatic carbocycles. The molecule has 1 aromatic carbocycles. The van der Waals surface area contributed by atoms with Crippen molar-refractivity contribution in [3.05, 3.63) is 94.3 Å². The van der Waals surface area contributed by atoms with Gasteiger partial charge in [0.05, 0.1) is 6.54 Å². The number of nitrogens with zero attached hydrogens (tertiary/aromatic N) is 1. The normalized spacial score (nSPS) is 10.5. The van der Waals surface area contributed by atoms with Gasteiger partial charge in [0, 0.05) is 18.8 Å². The van der Waals surface area contributed by atoms with Crippen LogP contribution in [0.15, 0.2) is 76.1 Å². The van der Waals surface area contributed by atoms with E-state index in [9.17, 15) is 9.59 Å². The minimum atomic E-state index is -0.252. The summed E-state index contributed by atoms with van der Waals surface area (Å²) in [6.45, 7) is 0.841. The zero-order valence-corrected chi connectivity index (χ0v) is 13.1. The third kappa shape index (κ3) is 4.01. The maximum absolute atomic E-state index is 12.1. The van der Waals surface area contributed by atoms with Gasteiger partial charge in [-0.2, -0.15) is 0 Å². The number of carbonyl (C=O) groups is 1. The third-order valence-corrected chi connectivity index (χ3v) is 3.65. The molecule has 3 aromatic rings. The van der Waals surface area contributed by atoms with Crippen molar-refractivity contribution < 1.29 is 9.21 Å². The smallest absolute Gasteiger partial charge is 0.287 e. The van der Waals surface area contributed by atoms with Crippen LogP contribution in [0.5, 0.6) is 0 Å². The van der Waals surface area contributed by atoms with E-state index in [0.29, 0.717) is 18.8 Å². The van der Waals surface area contributed by atoms with Gasteiger partial charge in [0.25, 0.3) is 11.5 Å². The van der Waals surface area contributed by atoms with E-state index >= 15 is 0 Å². The topological polar surface area (TPSA) is 64.2 Å². The number of rotatable bonds is 6. The summed E-state index contributed by atoms with van der Waals surface area (Å²) in [7, 11) is 0. The molecule has 0 saturated heterocycles. The van der Waals surface area contributed by atoms with Crippen LogP contribution >= 0.6 is 0 Å². The van der Waals surface area contributed by atoms with Gasteiger partial charge in [0.2, 0.25) is 0 Å². The number of nitrogens with one attached hydrogen (secondary N) is 1. The predicted octanol–water partition coefficient (Wildman–Crippen LogP) is 2.46. The molecule has 5 heteroatoms. The minimum Gasteiger partial charge on any atom is -0.454 e. The lowest BCUT2D eigenvalue weighted by molar-refractivity contribution is 0.0924. The van der Waals surface area contributed by atoms with Crippen LogP contribution in [-0.2, 0) is 13.0 Å². The fourth-order valence-electron chi connectivity index (χ4n) is 2.40. The second kappa shape index (κ2) is 7.46. The average Bonchev–Trinajstić information content (AvgIpc) is 3.07. The van der Waals surface area contributed by atoms with Gasteiger partial charge in [0.1, 0.15) is 5.76 Å². The Labute approximate surface area is 139 Å². The Morgan fingerprint density at radius 3 is 2.58 bits per heavy atom. The van der Waals surface area contributed by atoms with Crippen molar-refractivity contribution in [2.45, 2.75) is 13.0 Å². The van der Waals surface area contributed by atoms with Crippen molar-refractivity contribution in [2.75, 3.05) is 6.54 Å². The van der Waals surface area contributed by atoms with Crippen molar-refractivity contribution >= 4 is 5.91 Å². The maximum Gasteiger partial charge on any atom is 0.287 e. The molecule has 0 aliphatic rings. The first-order valence-corrected chi connectivity index (χ1v) is 7.79. The maximum atomic E-state index is 12.1. The molecule has 0 radical (unpaired) electrons. The van der Waals surface area contributed by atoms with E-state index < -0.39 is 0 Å². The number of hydrogen-bond donors (Lipinski definition) is 1. The third-order valence-electron chi connectivity index (χ3n) is 3.65. The largest absolute Gasteiger partial charge is 0.454 e. The molecule has 0 fully saturated rings. The minimum absolute atomic E-state index is 0.109. The summed E-state index contributed by atoms with van der Waals surface area (Å²) in [6.07, 6.45) is 2.45. The zero-order chi connectivity index (χ0) is 16.8. The zero-order valence-electron chi connectivity index (χ0n) is 13.1. The Balaban J connectivity index is 1.56.